The number of benzene rings is 1. The van der Waals surface area contributed by atoms with Crippen LogP contribution in [0.1, 0.15) is 26.3 Å². The fourth-order valence-corrected chi connectivity index (χ4v) is 1.95. The van der Waals surface area contributed by atoms with Gasteiger partial charge in [0.25, 0.3) is 0 Å². The Balaban J connectivity index is 1.86. The molecule has 0 aliphatic carbocycles. The zero-order chi connectivity index (χ0) is 15.7. The van der Waals surface area contributed by atoms with Gasteiger partial charge in [-0.05, 0) is 23.8 Å². The van der Waals surface area contributed by atoms with Crippen molar-refractivity contribution in [3.05, 3.63) is 48.2 Å². The minimum absolute atomic E-state index is 0.289. The average molecular weight is 296 g/mol. The van der Waals surface area contributed by atoms with Gasteiger partial charge in [-0.25, -0.2) is 19.5 Å². The maximum Gasteiger partial charge on any atom is 0.363 e. The Bertz CT molecular complexity index is 750. The molecule has 1 aromatic heterocycles. The normalized spacial score (nSPS) is 16.8. The Labute approximate surface area is 128 Å². The van der Waals surface area contributed by atoms with E-state index in [4.69, 9.17) is 4.74 Å². The Hall–Kier alpha value is -2.76. The standard InChI is InChI=1S/C16H16N4O2/c1-16(2,3)15-19-13(14(21)22-15)8-11-4-6-12(7-5-11)20-10-17-9-18-20/h4-10H,1-3H3/b13-8-. The molecule has 1 aliphatic rings. The van der Waals surface area contributed by atoms with Gasteiger partial charge in [-0.2, -0.15) is 5.10 Å². The Morgan fingerprint density at radius 1 is 1.18 bits per heavy atom. The monoisotopic (exact) mass is 296 g/mol. The largest absolute Gasteiger partial charge is 0.406 e. The summed E-state index contributed by atoms with van der Waals surface area (Å²) >= 11 is 0. The molecule has 0 radical (unpaired) electrons. The van der Waals surface area contributed by atoms with E-state index in [1.807, 2.05) is 45.0 Å². The molecule has 22 heavy (non-hydrogen) atoms. The van der Waals surface area contributed by atoms with E-state index in [2.05, 4.69) is 15.1 Å². The van der Waals surface area contributed by atoms with Crippen LogP contribution in [0.3, 0.4) is 0 Å². The summed E-state index contributed by atoms with van der Waals surface area (Å²) in [5, 5.41) is 4.06. The quantitative estimate of drug-likeness (QED) is 0.631. The van der Waals surface area contributed by atoms with E-state index in [1.54, 1.807) is 17.1 Å². The van der Waals surface area contributed by atoms with Gasteiger partial charge >= 0.3 is 5.97 Å². The van der Waals surface area contributed by atoms with E-state index in [0.717, 1.165) is 11.3 Å². The second-order valence-electron chi connectivity index (χ2n) is 6.02. The predicted octanol–water partition coefficient (Wildman–Crippen LogP) is 2.61. The van der Waals surface area contributed by atoms with Crippen LogP contribution in [0.5, 0.6) is 0 Å². The van der Waals surface area contributed by atoms with Crippen molar-refractivity contribution in [2.24, 2.45) is 10.4 Å². The van der Waals surface area contributed by atoms with Gasteiger partial charge in [0.2, 0.25) is 5.90 Å². The third-order valence-corrected chi connectivity index (χ3v) is 3.14. The van der Waals surface area contributed by atoms with Gasteiger partial charge < -0.3 is 4.74 Å². The minimum atomic E-state index is -0.412. The van der Waals surface area contributed by atoms with E-state index in [1.165, 1.54) is 6.33 Å². The number of aliphatic imine (C=N–C) groups is 1. The SMILES string of the molecule is CC(C)(C)C1=N/C(=C\c2ccc(-n3cncn3)cc2)C(=O)O1. The van der Waals surface area contributed by atoms with Crippen LogP contribution in [-0.4, -0.2) is 26.6 Å². The maximum atomic E-state index is 11.9. The second kappa shape index (κ2) is 5.22. The highest BCUT2D eigenvalue weighted by atomic mass is 16.6. The van der Waals surface area contributed by atoms with E-state index in [-0.39, 0.29) is 5.41 Å². The zero-order valence-corrected chi connectivity index (χ0v) is 12.6. The van der Waals surface area contributed by atoms with Crippen molar-refractivity contribution in [2.45, 2.75) is 20.8 Å². The Morgan fingerprint density at radius 3 is 2.45 bits per heavy atom. The van der Waals surface area contributed by atoms with Gasteiger partial charge in [0.1, 0.15) is 12.7 Å². The molecule has 0 fully saturated rings. The van der Waals surface area contributed by atoms with Crippen LogP contribution in [0.4, 0.5) is 0 Å². The first kappa shape index (κ1) is 14.2. The van der Waals surface area contributed by atoms with E-state index < -0.39 is 5.97 Å². The first-order valence-electron chi connectivity index (χ1n) is 6.91. The molecule has 112 valence electrons. The molecule has 0 saturated carbocycles. The van der Waals surface area contributed by atoms with Gasteiger partial charge in [0.15, 0.2) is 5.70 Å². The van der Waals surface area contributed by atoms with Crippen LogP contribution >= 0.6 is 0 Å². The van der Waals surface area contributed by atoms with Crippen LogP contribution in [0.2, 0.25) is 0 Å². The molecule has 0 atom stereocenters. The average Bonchev–Trinajstić information content (AvgIpc) is 3.10. The number of aromatic nitrogens is 3. The highest BCUT2D eigenvalue weighted by molar-refractivity contribution is 6.08. The Kier molecular flexibility index (Phi) is 3.36. The van der Waals surface area contributed by atoms with Gasteiger partial charge in [-0.15, -0.1) is 0 Å². The van der Waals surface area contributed by atoms with E-state index >= 15 is 0 Å². The summed E-state index contributed by atoms with van der Waals surface area (Å²) in [5.41, 5.74) is 1.79. The predicted molar refractivity (Wildman–Crippen MR) is 82.3 cm³/mol. The topological polar surface area (TPSA) is 69.4 Å². The summed E-state index contributed by atoms with van der Waals surface area (Å²) in [7, 11) is 0. The number of carbonyl (C=O) groups is 1. The van der Waals surface area contributed by atoms with Crippen LogP contribution in [-0.2, 0) is 9.53 Å². The number of hydrogen-bond acceptors (Lipinski definition) is 5. The highest BCUT2D eigenvalue weighted by Crippen LogP contribution is 2.25. The summed E-state index contributed by atoms with van der Waals surface area (Å²) < 4.78 is 6.88. The van der Waals surface area contributed by atoms with Crippen molar-refractivity contribution in [1.82, 2.24) is 14.8 Å². The van der Waals surface area contributed by atoms with E-state index in [0.29, 0.717) is 11.6 Å². The Morgan fingerprint density at radius 2 is 1.91 bits per heavy atom. The number of hydrogen-bond donors (Lipinski definition) is 0. The fourth-order valence-electron chi connectivity index (χ4n) is 1.95. The molecule has 2 heterocycles. The first-order valence-corrected chi connectivity index (χ1v) is 6.91. The number of esters is 1. The van der Waals surface area contributed by atoms with Crippen molar-refractivity contribution < 1.29 is 9.53 Å². The summed E-state index contributed by atoms with van der Waals surface area (Å²) in [6.45, 7) is 5.86. The van der Waals surface area contributed by atoms with Crippen LogP contribution < -0.4 is 0 Å². The second-order valence-corrected chi connectivity index (χ2v) is 6.02. The van der Waals surface area contributed by atoms with Crippen LogP contribution in [0, 0.1) is 5.41 Å². The molecule has 2 aromatic rings. The molecule has 1 aliphatic heterocycles. The molecule has 0 saturated heterocycles. The lowest BCUT2D eigenvalue weighted by Gasteiger charge is -2.15. The fraction of sp³-hybridized carbons (Fsp3) is 0.250. The smallest absolute Gasteiger partial charge is 0.363 e. The molecule has 6 nitrogen and oxygen atoms in total. The van der Waals surface area contributed by atoms with Crippen molar-refractivity contribution in [3.63, 3.8) is 0 Å². The number of rotatable bonds is 2. The molecule has 0 N–H and O–H groups in total. The lowest BCUT2D eigenvalue weighted by atomic mass is 9.97. The molecular weight excluding hydrogens is 280 g/mol. The molecule has 0 spiro atoms. The van der Waals surface area contributed by atoms with Crippen molar-refractivity contribution in [1.29, 1.82) is 0 Å². The molecule has 6 heteroatoms. The highest BCUT2D eigenvalue weighted by Gasteiger charge is 2.31. The molecule has 3 rings (SSSR count). The zero-order valence-electron chi connectivity index (χ0n) is 12.6. The van der Waals surface area contributed by atoms with E-state index in [9.17, 15) is 4.79 Å². The van der Waals surface area contributed by atoms with Gasteiger partial charge in [0.05, 0.1) is 5.69 Å². The van der Waals surface area contributed by atoms with Crippen LogP contribution in [0.15, 0.2) is 47.6 Å². The summed E-state index contributed by atoms with van der Waals surface area (Å²) in [6, 6.07) is 7.58. The summed E-state index contributed by atoms with van der Waals surface area (Å²) in [4.78, 5) is 20.1. The van der Waals surface area contributed by atoms with Gasteiger partial charge in [-0.1, -0.05) is 32.9 Å². The lowest BCUT2D eigenvalue weighted by Crippen LogP contribution is -2.21. The number of cyclic esters (lactones) is 1. The molecule has 0 unspecified atom stereocenters. The molecular formula is C16H16N4O2. The van der Waals surface area contributed by atoms with Gasteiger partial charge in [0, 0.05) is 5.41 Å². The number of carbonyl (C=O) groups excluding carboxylic acids is 1. The third-order valence-electron chi connectivity index (χ3n) is 3.14. The maximum absolute atomic E-state index is 11.9. The molecule has 0 amide bonds. The molecule has 0 bridgehead atoms. The molecule has 1 aromatic carbocycles. The summed E-state index contributed by atoms with van der Waals surface area (Å²) in [5.74, 6) is 0.0354. The van der Waals surface area contributed by atoms with Gasteiger partial charge in [-0.3, -0.25) is 0 Å². The third kappa shape index (κ3) is 2.81. The van der Waals surface area contributed by atoms with Crippen molar-refractivity contribution in [3.8, 4) is 5.69 Å². The van der Waals surface area contributed by atoms with Crippen molar-refractivity contribution in [2.75, 3.05) is 0 Å². The minimum Gasteiger partial charge on any atom is -0.406 e. The lowest BCUT2D eigenvalue weighted by molar-refractivity contribution is -0.130. The number of ether oxygens (including phenoxy) is 1. The number of nitrogens with zero attached hydrogens (tertiary/aromatic N) is 4. The first-order chi connectivity index (χ1) is 10.4. The van der Waals surface area contributed by atoms with Crippen LogP contribution in [0.25, 0.3) is 11.8 Å². The van der Waals surface area contributed by atoms with Crippen molar-refractivity contribution >= 4 is 17.9 Å². The summed E-state index contributed by atoms with van der Waals surface area (Å²) in [6.07, 6.45) is 4.82.